The van der Waals surface area contributed by atoms with Gasteiger partial charge >= 0.3 is 0 Å². The van der Waals surface area contributed by atoms with Gasteiger partial charge in [0.25, 0.3) is 5.91 Å². The number of benzene rings is 3. The minimum Gasteiger partial charge on any atom is -0.495 e. The molecule has 0 radical (unpaired) electrons. The van der Waals surface area contributed by atoms with Crippen LogP contribution >= 0.6 is 23.2 Å². The maximum absolute atomic E-state index is 12.9. The van der Waals surface area contributed by atoms with Crippen molar-refractivity contribution in [2.24, 2.45) is 0 Å². The zero-order valence-corrected chi connectivity index (χ0v) is 20.8. The van der Waals surface area contributed by atoms with E-state index in [1.54, 1.807) is 18.2 Å². The molecule has 35 heavy (non-hydrogen) atoms. The lowest BCUT2D eigenvalue weighted by Crippen LogP contribution is -2.34. The van der Waals surface area contributed by atoms with Crippen molar-refractivity contribution in [3.8, 4) is 28.2 Å². The predicted octanol–water partition coefficient (Wildman–Crippen LogP) is 7.33. The average molecular weight is 510 g/mol. The van der Waals surface area contributed by atoms with E-state index in [1.807, 2.05) is 24.3 Å². The summed E-state index contributed by atoms with van der Waals surface area (Å²) in [6, 6.07) is 14.1. The number of carbonyl (C=O) groups is 1. The smallest absolute Gasteiger partial charge is 0.251 e. The van der Waals surface area contributed by atoms with Crippen molar-refractivity contribution in [3.63, 3.8) is 0 Å². The van der Waals surface area contributed by atoms with Crippen LogP contribution in [0, 0.1) is 0 Å². The molecule has 1 fully saturated rings. The number of fused-ring (bicyclic) bond motifs is 2. The van der Waals surface area contributed by atoms with E-state index in [0.29, 0.717) is 33.2 Å². The Morgan fingerprint density at radius 1 is 0.971 bits per heavy atom. The zero-order valence-electron chi connectivity index (χ0n) is 19.3. The molecular formula is C28H25Cl2NO4. The summed E-state index contributed by atoms with van der Waals surface area (Å²) in [7, 11) is 1.53. The molecule has 0 unspecified atom stereocenters. The molecule has 1 aliphatic heterocycles. The van der Waals surface area contributed by atoms with Crippen LogP contribution in [0.1, 0.15) is 48.9 Å². The van der Waals surface area contributed by atoms with Crippen LogP contribution in [0.5, 0.6) is 5.75 Å². The van der Waals surface area contributed by atoms with Gasteiger partial charge in [0, 0.05) is 40.3 Å². The lowest BCUT2D eigenvalue weighted by atomic mass is 9.93. The highest BCUT2D eigenvalue weighted by Crippen LogP contribution is 2.43. The Kier molecular flexibility index (Phi) is 6.72. The molecule has 2 aliphatic carbocycles. The molecule has 1 heterocycles. The van der Waals surface area contributed by atoms with Gasteiger partial charge in [-0.1, -0.05) is 61.0 Å². The first kappa shape index (κ1) is 23.7. The van der Waals surface area contributed by atoms with Gasteiger partial charge < -0.3 is 14.5 Å². The Balaban J connectivity index is 1.58. The monoisotopic (exact) mass is 509 g/mol. The summed E-state index contributed by atoms with van der Waals surface area (Å²) in [5, 5.41) is 4.47. The number of hydrogen-bond donors (Lipinski definition) is 1. The predicted molar refractivity (Wildman–Crippen MR) is 140 cm³/mol. The number of amides is 1. The van der Waals surface area contributed by atoms with Crippen LogP contribution in [0.15, 0.2) is 57.7 Å². The second-order valence-electron chi connectivity index (χ2n) is 8.98. The second-order valence-corrected chi connectivity index (χ2v) is 9.79. The maximum Gasteiger partial charge on any atom is 0.251 e. The van der Waals surface area contributed by atoms with Gasteiger partial charge in [0.1, 0.15) is 17.1 Å². The average Bonchev–Trinajstić information content (AvgIpc) is 3.12. The first-order chi connectivity index (χ1) is 16.9. The van der Waals surface area contributed by atoms with Crippen molar-refractivity contribution in [2.45, 2.75) is 44.6 Å². The van der Waals surface area contributed by atoms with E-state index in [-0.39, 0.29) is 22.4 Å². The molecule has 1 N–H and O–H groups in total. The van der Waals surface area contributed by atoms with Crippen LogP contribution in [-0.2, 0) is 0 Å². The summed E-state index contributed by atoms with van der Waals surface area (Å²) in [6.07, 6.45) is 6.85. The van der Waals surface area contributed by atoms with Crippen molar-refractivity contribution >= 4 is 40.1 Å². The van der Waals surface area contributed by atoms with Gasteiger partial charge in [0.05, 0.1) is 17.2 Å². The molecule has 5 nitrogen and oxygen atoms in total. The Labute approximate surface area is 213 Å². The molecule has 0 aromatic heterocycles. The number of carbonyl (C=O) groups excluding carboxylic acids is 1. The summed E-state index contributed by atoms with van der Waals surface area (Å²) >= 11 is 12.6. The van der Waals surface area contributed by atoms with Crippen LogP contribution in [-0.4, -0.2) is 19.1 Å². The van der Waals surface area contributed by atoms with Gasteiger partial charge in [0.15, 0.2) is 0 Å². The van der Waals surface area contributed by atoms with Crippen LogP contribution in [0.25, 0.3) is 33.4 Å². The minimum absolute atomic E-state index is 0.0620. The quantitative estimate of drug-likeness (QED) is 0.231. The van der Waals surface area contributed by atoms with Crippen LogP contribution in [0.3, 0.4) is 0 Å². The Bertz CT molecular complexity index is 1420. The molecule has 1 amide bonds. The number of rotatable bonds is 4. The summed E-state index contributed by atoms with van der Waals surface area (Å²) in [5.74, 6) is 0.810. The largest absolute Gasteiger partial charge is 0.495 e. The highest BCUT2D eigenvalue weighted by molar-refractivity contribution is 6.33. The third-order valence-corrected chi connectivity index (χ3v) is 7.26. The summed E-state index contributed by atoms with van der Waals surface area (Å²) < 4.78 is 11.4. The zero-order chi connectivity index (χ0) is 24.5. The van der Waals surface area contributed by atoms with Gasteiger partial charge in [0.2, 0.25) is 5.43 Å². The van der Waals surface area contributed by atoms with Gasteiger partial charge in [-0.2, -0.15) is 0 Å². The fraction of sp³-hybridized carbons (Fsp3) is 0.286. The molecule has 3 aliphatic rings. The van der Waals surface area contributed by atoms with Crippen LogP contribution < -0.4 is 15.5 Å². The number of hydrogen-bond acceptors (Lipinski definition) is 4. The van der Waals surface area contributed by atoms with Crippen molar-refractivity contribution in [2.75, 3.05) is 7.11 Å². The van der Waals surface area contributed by atoms with E-state index in [2.05, 4.69) is 5.32 Å². The summed E-state index contributed by atoms with van der Waals surface area (Å²) in [6.45, 7) is 0. The third-order valence-electron chi connectivity index (χ3n) is 6.67. The van der Waals surface area contributed by atoms with E-state index in [9.17, 15) is 9.59 Å². The Hall–Kier alpha value is -3.02. The van der Waals surface area contributed by atoms with Gasteiger partial charge in [-0.3, -0.25) is 9.59 Å². The molecule has 2 aromatic carbocycles. The molecule has 0 saturated heterocycles. The maximum atomic E-state index is 12.9. The fourth-order valence-electron chi connectivity index (χ4n) is 4.84. The summed E-state index contributed by atoms with van der Waals surface area (Å²) in [4.78, 5) is 25.1. The standard InChI is InChI=1S/C28H25Cl2NO4/c1-34-26-15-25-20(13-22(26)30)27(19-12-21(29)23(32)14-24(19)35-25)16-8-10-17(11-9-16)28(33)31-18-6-4-2-3-5-7-18/h8-15,18H,2-7H2,1H3,(H,31,33). The van der Waals surface area contributed by atoms with E-state index in [1.165, 1.54) is 26.0 Å². The summed E-state index contributed by atoms with van der Waals surface area (Å²) in [5.41, 5.74) is 3.14. The topological polar surface area (TPSA) is 68.5 Å². The van der Waals surface area contributed by atoms with Crippen molar-refractivity contribution < 1.29 is 13.9 Å². The van der Waals surface area contributed by atoms with Gasteiger partial charge in [-0.15, -0.1) is 0 Å². The van der Waals surface area contributed by atoms with Gasteiger partial charge in [-0.05, 0) is 42.7 Å². The number of nitrogens with one attached hydrogen (secondary N) is 1. The normalized spacial score (nSPS) is 14.7. The fourth-order valence-corrected chi connectivity index (χ4v) is 5.25. The molecule has 5 rings (SSSR count). The molecule has 1 saturated carbocycles. The van der Waals surface area contributed by atoms with E-state index >= 15 is 0 Å². The Morgan fingerprint density at radius 2 is 1.69 bits per heavy atom. The first-order valence-electron chi connectivity index (χ1n) is 11.8. The number of ether oxygens (including phenoxy) is 1. The number of methoxy groups -OCH3 is 1. The van der Waals surface area contributed by atoms with Crippen molar-refractivity contribution in [1.29, 1.82) is 0 Å². The highest BCUT2D eigenvalue weighted by Gasteiger charge is 2.21. The molecule has 7 heteroatoms. The van der Waals surface area contributed by atoms with Crippen LogP contribution in [0.4, 0.5) is 0 Å². The van der Waals surface area contributed by atoms with E-state index in [4.69, 9.17) is 32.4 Å². The highest BCUT2D eigenvalue weighted by atomic mass is 35.5. The second kappa shape index (κ2) is 9.92. The molecular weight excluding hydrogens is 485 g/mol. The molecule has 0 atom stereocenters. The van der Waals surface area contributed by atoms with Gasteiger partial charge in [-0.25, -0.2) is 0 Å². The van der Waals surface area contributed by atoms with Crippen LogP contribution in [0.2, 0.25) is 10.0 Å². The molecule has 0 spiro atoms. The Morgan fingerprint density at radius 3 is 2.37 bits per heavy atom. The van der Waals surface area contributed by atoms with Crippen molar-refractivity contribution in [3.05, 3.63) is 74.4 Å². The van der Waals surface area contributed by atoms with Crippen molar-refractivity contribution in [1.82, 2.24) is 5.32 Å². The lowest BCUT2D eigenvalue weighted by molar-refractivity contribution is 0.0933. The minimum atomic E-state index is -0.320. The molecule has 2 aromatic rings. The molecule has 0 bridgehead atoms. The first-order valence-corrected chi connectivity index (χ1v) is 12.5. The number of halogens is 2. The third kappa shape index (κ3) is 4.75. The lowest BCUT2D eigenvalue weighted by Gasteiger charge is -2.18. The van der Waals surface area contributed by atoms with E-state index < -0.39 is 0 Å². The van der Waals surface area contributed by atoms with E-state index in [0.717, 1.165) is 42.2 Å². The molecule has 180 valence electrons. The SMILES string of the molecule is COc1cc2oc3cc(=O)c(Cl)cc-3c(-c3ccc(C(=O)NC4CCCCCC4)cc3)c2cc1Cl.